The van der Waals surface area contributed by atoms with Crippen molar-refractivity contribution in [3.05, 3.63) is 30.0 Å². The summed E-state index contributed by atoms with van der Waals surface area (Å²) in [6.45, 7) is 9.73. The van der Waals surface area contributed by atoms with Crippen LogP contribution in [0.4, 0.5) is 0 Å². The zero-order chi connectivity index (χ0) is 17.2. The van der Waals surface area contributed by atoms with Crippen molar-refractivity contribution in [3.8, 4) is 5.75 Å². The third kappa shape index (κ3) is 3.34. The quantitative estimate of drug-likeness (QED) is 0.891. The third-order valence-electron chi connectivity index (χ3n) is 3.95. The predicted molar refractivity (Wildman–Crippen MR) is 94.0 cm³/mol. The van der Waals surface area contributed by atoms with E-state index >= 15 is 0 Å². The molecule has 0 unspecified atom stereocenters. The van der Waals surface area contributed by atoms with Crippen molar-refractivity contribution in [3.63, 3.8) is 0 Å². The van der Waals surface area contributed by atoms with Crippen molar-refractivity contribution in [1.82, 2.24) is 9.47 Å². The molecule has 2 N–H and O–H groups in total. The Bertz CT molecular complexity index is 694. The molecule has 126 valence electrons. The van der Waals surface area contributed by atoms with Crippen LogP contribution in [-0.4, -0.2) is 41.1 Å². The number of carbonyl (C=O) groups excluding carboxylic acids is 1. The minimum Gasteiger partial charge on any atom is -0.494 e. The van der Waals surface area contributed by atoms with Gasteiger partial charge in [0, 0.05) is 30.6 Å². The smallest absolute Gasteiger partial charge is 0.274 e. The molecule has 0 aliphatic rings. The number of nitrogens with zero attached hydrogens (tertiary/aromatic N) is 2. The summed E-state index contributed by atoms with van der Waals surface area (Å²) in [5.74, 6) is 0.606. The number of hydrogen-bond donors (Lipinski definition) is 1. The summed E-state index contributed by atoms with van der Waals surface area (Å²) in [4.78, 5) is 14.8. The van der Waals surface area contributed by atoms with Gasteiger partial charge in [-0.25, -0.2) is 0 Å². The maximum Gasteiger partial charge on any atom is 0.274 e. The second kappa shape index (κ2) is 6.62. The molecule has 0 aliphatic heterocycles. The molecule has 0 bridgehead atoms. The van der Waals surface area contributed by atoms with Crippen molar-refractivity contribution in [2.75, 3.05) is 20.2 Å². The molecule has 1 aromatic heterocycles. The van der Waals surface area contributed by atoms with E-state index in [-0.39, 0.29) is 5.91 Å². The zero-order valence-electron chi connectivity index (χ0n) is 14.7. The Hall–Kier alpha value is -2.01. The topological polar surface area (TPSA) is 60.5 Å². The highest BCUT2D eigenvalue weighted by Gasteiger charge is 2.28. The van der Waals surface area contributed by atoms with Crippen molar-refractivity contribution >= 4 is 16.8 Å². The number of benzene rings is 1. The van der Waals surface area contributed by atoms with E-state index in [9.17, 15) is 4.79 Å². The first kappa shape index (κ1) is 17.3. The molecule has 23 heavy (non-hydrogen) atoms. The van der Waals surface area contributed by atoms with Crippen LogP contribution >= 0.6 is 0 Å². The average Bonchev–Trinajstić information content (AvgIpc) is 2.80. The van der Waals surface area contributed by atoms with Gasteiger partial charge in [0.05, 0.1) is 12.6 Å². The Balaban J connectivity index is 2.73. The van der Waals surface area contributed by atoms with Crippen LogP contribution in [0.3, 0.4) is 0 Å². The number of carbonyl (C=O) groups is 1. The molecule has 5 heteroatoms. The number of para-hydroxylation sites is 1. The Morgan fingerprint density at radius 3 is 2.39 bits per heavy atom. The van der Waals surface area contributed by atoms with E-state index in [4.69, 9.17) is 10.5 Å². The Kier molecular flexibility index (Phi) is 5.00. The van der Waals surface area contributed by atoms with Crippen LogP contribution in [0, 0.1) is 0 Å². The number of ether oxygens (including phenoxy) is 1. The monoisotopic (exact) mass is 317 g/mol. The summed E-state index contributed by atoms with van der Waals surface area (Å²) in [5, 5.41) is 0.940. The van der Waals surface area contributed by atoms with Crippen LogP contribution in [0.5, 0.6) is 5.75 Å². The zero-order valence-corrected chi connectivity index (χ0v) is 14.7. The van der Waals surface area contributed by atoms with Crippen LogP contribution in [0.25, 0.3) is 10.9 Å². The van der Waals surface area contributed by atoms with E-state index in [1.54, 1.807) is 12.0 Å². The summed E-state index contributed by atoms with van der Waals surface area (Å²) in [6, 6.07) is 7.90. The molecule has 0 saturated carbocycles. The lowest BCUT2D eigenvalue weighted by molar-refractivity contribution is 0.0758. The lowest BCUT2D eigenvalue weighted by atomic mass is 10.1. The van der Waals surface area contributed by atoms with Crippen LogP contribution in [0.15, 0.2) is 24.3 Å². The van der Waals surface area contributed by atoms with Gasteiger partial charge >= 0.3 is 0 Å². The highest BCUT2D eigenvalue weighted by Crippen LogP contribution is 2.34. The van der Waals surface area contributed by atoms with Gasteiger partial charge in [-0.15, -0.1) is 0 Å². The second-order valence-electron chi connectivity index (χ2n) is 6.45. The van der Waals surface area contributed by atoms with Gasteiger partial charge in [0.25, 0.3) is 5.91 Å². The molecule has 1 aromatic carbocycles. The summed E-state index contributed by atoms with van der Waals surface area (Å²) < 4.78 is 7.60. The number of rotatable bonds is 6. The van der Waals surface area contributed by atoms with E-state index < -0.39 is 5.54 Å². The molecular formula is C18H27N3O2. The SMILES string of the molecule is CCN(CC)C(=O)c1c(OC)c2ccccc2n1CC(C)(C)N. The van der Waals surface area contributed by atoms with Gasteiger partial charge in [-0.2, -0.15) is 0 Å². The minimum atomic E-state index is -0.439. The first-order valence-electron chi connectivity index (χ1n) is 8.07. The Labute approximate surface area is 138 Å². The predicted octanol–water partition coefficient (Wildman–Crippen LogP) is 2.87. The highest BCUT2D eigenvalue weighted by atomic mass is 16.5. The number of aromatic nitrogens is 1. The van der Waals surface area contributed by atoms with Crippen molar-refractivity contribution in [2.24, 2.45) is 5.73 Å². The van der Waals surface area contributed by atoms with E-state index in [0.717, 1.165) is 10.9 Å². The number of fused-ring (bicyclic) bond motifs is 1. The fourth-order valence-corrected chi connectivity index (χ4v) is 2.92. The molecule has 2 rings (SSSR count). The summed E-state index contributed by atoms with van der Waals surface area (Å²) in [6.07, 6.45) is 0. The van der Waals surface area contributed by atoms with Crippen LogP contribution < -0.4 is 10.5 Å². The van der Waals surface area contributed by atoms with Crippen molar-refractivity contribution < 1.29 is 9.53 Å². The summed E-state index contributed by atoms with van der Waals surface area (Å²) in [7, 11) is 1.61. The summed E-state index contributed by atoms with van der Waals surface area (Å²) in [5.41, 5.74) is 7.34. The maximum absolute atomic E-state index is 13.0. The fraction of sp³-hybridized carbons (Fsp3) is 0.500. The average molecular weight is 317 g/mol. The standard InChI is InChI=1S/C18H27N3O2/c1-6-20(7-2)17(22)15-16(23-5)13-10-8-9-11-14(13)21(15)12-18(3,4)19/h8-11H,6-7,12,19H2,1-5H3. The number of amides is 1. The van der Waals surface area contributed by atoms with Crippen molar-refractivity contribution in [2.45, 2.75) is 39.8 Å². The van der Waals surface area contributed by atoms with Gasteiger partial charge in [0.2, 0.25) is 0 Å². The molecule has 0 fully saturated rings. The summed E-state index contributed by atoms with van der Waals surface area (Å²) >= 11 is 0. The molecule has 0 atom stereocenters. The Morgan fingerprint density at radius 1 is 1.26 bits per heavy atom. The van der Waals surface area contributed by atoms with Gasteiger partial charge in [-0.3, -0.25) is 4.79 Å². The van der Waals surface area contributed by atoms with E-state index in [1.807, 2.05) is 56.5 Å². The molecular weight excluding hydrogens is 290 g/mol. The number of methoxy groups -OCH3 is 1. The minimum absolute atomic E-state index is 0.0210. The normalized spacial score (nSPS) is 11.7. The molecule has 1 heterocycles. The van der Waals surface area contributed by atoms with Crippen LogP contribution in [-0.2, 0) is 6.54 Å². The van der Waals surface area contributed by atoms with Crippen molar-refractivity contribution in [1.29, 1.82) is 0 Å². The van der Waals surface area contributed by atoms with Gasteiger partial charge in [0.1, 0.15) is 0 Å². The van der Waals surface area contributed by atoms with Gasteiger partial charge in [-0.05, 0) is 39.8 Å². The highest BCUT2D eigenvalue weighted by molar-refractivity contribution is 6.04. The van der Waals surface area contributed by atoms with E-state index in [2.05, 4.69) is 0 Å². The molecule has 0 saturated heterocycles. The van der Waals surface area contributed by atoms with Gasteiger partial charge < -0.3 is 19.9 Å². The molecule has 0 radical (unpaired) electrons. The number of nitrogens with two attached hydrogens (primary N) is 1. The van der Waals surface area contributed by atoms with E-state index in [0.29, 0.717) is 31.1 Å². The molecule has 5 nitrogen and oxygen atoms in total. The second-order valence-corrected chi connectivity index (χ2v) is 6.45. The first-order valence-corrected chi connectivity index (χ1v) is 8.07. The van der Waals surface area contributed by atoms with Crippen LogP contribution in [0.2, 0.25) is 0 Å². The van der Waals surface area contributed by atoms with E-state index in [1.165, 1.54) is 0 Å². The largest absolute Gasteiger partial charge is 0.494 e. The van der Waals surface area contributed by atoms with Gasteiger partial charge in [-0.1, -0.05) is 12.1 Å². The third-order valence-corrected chi connectivity index (χ3v) is 3.95. The first-order chi connectivity index (χ1) is 10.8. The molecule has 0 aliphatic carbocycles. The lowest BCUT2D eigenvalue weighted by Gasteiger charge is -2.24. The number of hydrogen-bond acceptors (Lipinski definition) is 3. The fourth-order valence-electron chi connectivity index (χ4n) is 2.92. The Morgan fingerprint density at radius 2 is 1.87 bits per heavy atom. The maximum atomic E-state index is 13.0. The molecule has 2 aromatic rings. The lowest BCUT2D eigenvalue weighted by Crippen LogP contribution is -2.39. The van der Waals surface area contributed by atoms with Crippen LogP contribution in [0.1, 0.15) is 38.2 Å². The molecule has 1 amide bonds. The molecule has 0 spiro atoms. The van der Waals surface area contributed by atoms with Gasteiger partial charge in [0.15, 0.2) is 11.4 Å².